The van der Waals surface area contributed by atoms with Gasteiger partial charge in [0.2, 0.25) is 15.9 Å². The van der Waals surface area contributed by atoms with Gasteiger partial charge in [-0.25, -0.2) is 8.42 Å². The van der Waals surface area contributed by atoms with Gasteiger partial charge in [0, 0.05) is 26.7 Å². The Morgan fingerprint density at radius 1 is 1.12 bits per heavy atom. The molecule has 0 N–H and O–H groups in total. The minimum absolute atomic E-state index is 0.226. The van der Waals surface area contributed by atoms with Crippen LogP contribution < -0.4 is 9.64 Å². The first kappa shape index (κ1) is 18.6. The number of anilines is 1. The Bertz CT molecular complexity index is 882. The Balaban J connectivity index is 1.68. The molecule has 8 heteroatoms. The number of aryl methyl sites for hydroxylation is 2. The monoisotopic (exact) mass is 376 g/mol. The second-order valence-corrected chi connectivity index (χ2v) is 8.70. The van der Waals surface area contributed by atoms with E-state index >= 15 is 0 Å². The number of aromatic nitrogens is 2. The molecule has 1 aromatic heterocycles. The van der Waals surface area contributed by atoms with E-state index in [9.17, 15) is 8.42 Å². The second-order valence-electron chi connectivity index (χ2n) is 6.76. The summed E-state index contributed by atoms with van der Waals surface area (Å²) in [5.74, 6) is 1.15. The number of ether oxygens (including phenoxy) is 1. The Hall–Kier alpha value is -2.19. The van der Waals surface area contributed by atoms with Crippen LogP contribution in [0.3, 0.4) is 0 Å². The molecule has 0 aliphatic carbocycles. The van der Waals surface area contributed by atoms with Crippen molar-refractivity contribution >= 4 is 15.8 Å². The summed E-state index contributed by atoms with van der Waals surface area (Å²) in [6.07, 6.45) is 0.400. The number of hydrogen-bond acceptors (Lipinski definition) is 6. The minimum atomic E-state index is -3.51. The van der Waals surface area contributed by atoms with Crippen LogP contribution in [-0.4, -0.2) is 56.2 Å². The fourth-order valence-electron chi connectivity index (χ4n) is 2.82. The number of rotatable bonds is 5. The van der Waals surface area contributed by atoms with E-state index in [1.54, 1.807) is 18.2 Å². The number of hydrogen-bond donors (Lipinski definition) is 0. The van der Waals surface area contributed by atoms with Crippen LogP contribution in [0.15, 0.2) is 35.2 Å². The van der Waals surface area contributed by atoms with Crippen molar-refractivity contribution in [2.24, 2.45) is 0 Å². The number of benzene rings is 1. The third-order valence-corrected chi connectivity index (χ3v) is 6.46. The van der Waals surface area contributed by atoms with E-state index in [0.29, 0.717) is 30.3 Å². The average molecular weight is 376 g/mol. The first-order chi connectivity index (χ1) is 12.3. The maximum atomic E-state index is 12.9. The van der Waals surface area contributed by atoms with Crippen molar-refractivity contribution in [1.82, 2.24) is 14.5 Å². The molecule has 26 heavy (non-hydrogen) atoms. The zero-order valence-electron chi connectivity index (χ0n) is 15.5. The molecule has 0 amide bonds. The molecule has 1 unspecified atom stereocenters. The Kier molecular flexibility index (Phi) is 5.15. The first-order valence-electron chi connectivity index (χ1n) is 8.52. The average Bonchev–Trinajstić information content (AvgIpc) is 3.07. The van der Waals surface area contributed by atoms with Crippen molar-refractivity contribution in [2.45, 2.75) is 31.3 Å². The maximum Gasteiger partial charge on any atom is 0.243 e. The van der Waals surface area contributed by atoms with Crippen molar-refractivity contribution in [1.29, 1.82) is 0 Å². The van der Waals surface area contributed by atoms with Crippen molar-refractivity contribution in [3.05, 3.63) is 41.5 Å². The molecule has 1 atom stereocenters. The molecule has 0 saturated carbocycles. The van der Waals surface area contributed by atoms with Crippen LogP contribution >= 0.6 is 0 Å². The lowest BCUT2D eigenvalue weighted by molar-refractivity contribution is 0.204. The summed E-state index contributed by atoms with van der Waals surface area (Å²) in [5, 5.41) is 8.12. The summed E-state index contributed by atoms with van der Waals surface area (Å²) in [6, 6.07) is 8.81. The molecule has 0 radical (unpaired) electrons. The summed E-state index contributed by atoms with van der Waals surface area (Å²) in [7, 11) is 0.261. The SMILES string of the molecule is Cc1ccc(S(=O)(=O)N2CCC(Oc3ccc(N(C)C)nn3)C2)cc1C. The lowest BCUT2D eigenvalue weighted by Crippen LogP contribution is -2.31. The van der Waals surface area contributed by atoms with Gasteiger partial charge in [-0.05, 0) is 49.6 Å². The van der Waals surface area contributed by atoms with E-state index in [1.807, 2.05) is 45.0 Å². The summed E-state index contributed by atoms with van der Waals surface area (Å²) in [4.78, 5) is 2.18. The smallest absolute Gasteiger partial charge is 0.243 e. The molecule has 2 heterocycles. The molecule has 140 valence electrons. The number of nitrogens with zero attached hydrogens (tertiary/aromatic N) is 4. The maximum absolute atomic E-state index is 12.9. The summed E-state index contributed by atoms with van der Waals surface area (Å²) >= 11 is 0. The Morgan fingerprint density at radius 2 is 1.88 bits per heavy atom. The lowest BCUT2D eigenvalue weighted by Gasteiger charge is -2.18. The van der Waals surface area contributed by atoms with Gasteiger partial charge in [0.1, 0.15) is 6.10 Å². The largest absolute Gasteiger partial charge is 0.472 e. The minimum Gasteiger partial charge on any atom is -0.472 e. The molecule has 1 aromatic carbocycles. The standard InChI is InChI=1S/C18H24N4O3S/c1-13-5-6-16(11-14(13)2)26(23,24)22-10-9-15(12-22)25-18-8-7-17(19-20-18)21(3)4/h5-8,11,15H,9-10,12H2,1-4H3. The molecule has 0 bridgehead atoms. The van der Waals surface area contributed by atoms with Crippen molar-refractivity contribution in [2.75, 3.05) is 32.1 Å². The molecule has 1 aliphatic heterocycles. The molecule has 1 saturated heterocycles. The third-order valence-electron chi connectivity index (χ3n) is 4.60. The van der Waals surface area contributed by atoms with Gasteiger partial charge in [-0.15, -0.1) is 10.2 Å². The highest BCUT2D eigenvalue weighted by molar-refractivity contribution is 7.89. The fourth-order valence-corrected chi connectivity index (χ4v) is 4.39. The highest BCUT2D eigenvalue weighted by Gasteiger charge is 2.34. The zero-order chi connectivity index (χ0) is 18.9. The molecule has 0 spiro atoms. The Morgan fingerprint density at radius 3 is 2.50 bits per heavy atom. The normalized spacial score (nSPS) is 18.1. The molecule has 7 nitrogen and oxygen atoms in total. The lowest BCUT2D eigenvalue weighted by atomic mass is 10.1. The summed E-state index contributed by atoms with van der Waals surface area (Å²) in [5.41, 5.74) is 2.04. The Labute approximate surface area is 154 Å². The van der Waals surface area contributed by atoms with E-state index in [1.165, 1.54) is 4.31 Å². The van der Waals surface area contributed by atoms with Gasteiger partial charge in [0.25, 0.3) is 0 Å². The predicted molar refractivity (Wildman–Crippen MR) is 100 cm³/mol. The van der Waals surface area contributed by atoms with E-state index in [0.717, 1.165) is 16.9 Å². The topological polar surface area (TPSA) is 75.6 Å². The molecule has 1 aliphatic rings. The number of sulfonamides is 1. The van der Waals surface area contributed by atoms with Crippen LogP contribution in [-0.2, 0) is 10.0 Å². The van der Waals surface area contributed by atoms with Gasteiger partial charge in [-0.1, -0.05) is 6.07 Å². The predicted octanol–water partition coefficient (Wildman–Crippen LogP) is 2.00. The van der Waals surface area contributed by atoms with E-state index in [2.05, 4.69) is 10.2 Å². The van der Waals surface area contributed by atoms with Crippen molar-refractivity contribution < 1.29 is 13.2 Å². The van der Waals surface area contributed by atoms with Gasteiger partial charge < -0.3 is 9.64 Å². The summed E-state index contributed by atoms with van der Waals surface area (Å²) < 4.78 is 33.0. The molecule has 1 fully saturated rings. The van der Waals surface area contributed by atoms with Gasteiger partial charge in [0.05, 0.1) is 11.4 Å². The first-order valence-corrected chi connectivity index (χ1v) is 9.96. The highest BCUT2D eigenvalue weighted by atomic mass is 32.2. The van der Waals surface area contributed by atoms with Gasteiger partial charge in [-0.2, -0.15) is 4.31 Å². The van der Waals surface area contributed by atoms with Crippen LogP contribution in [0, 0.1) is 13.8 Å². The van der Waals surface area contributed by atoms with E-state index in [4.69, 9.17) is 4.74 Å². The van der Waals surface area contributed by atoms with Crippen LogP contribution in [0.1, 0.15) is 17.5 Å². The van der Waals surface area contributed by atoms with Crippen LogP contribution in [0.2, 0.25) is 0 Å². The van der Waals surface area contributed by atoms with Gasteiger partial charge >= 0.3 is 0 Å². The fraction of sp³-hybridized carbons (Fsp3) is 0.444. The zero-order valence-corrected chi connectivity index (χ0v) is 16.3. The molecule has 3 rings (SSSR count). The molecular formula is C18H24N4O3S. The summed E-state index contributed by atoms with van der Waals surface area (Å²) in [6.45, 7) is 4.63. The molecular weight excluding hydrogens is 352 g/mol. The van der Waals surface area contributed by atoms with Crippen LogP contribution in [0.4, 0.5) is 5.82 Å². The van der Waals surface area contributed by atoms with Gasteiger partial charge in [-0.3, -0.25) is 0 Å². The second kappa shape index (κ2) is 7.20. The van der Waals surface area contributed by atoms with Crippen LogP contribution in [0.5, 0.6) is 5.88 Å². The van der Waals surface area contributed by atoms with E-state index in [-0.39, 0.29) is 6.10 Å². The molecule has 2 aromatic rings. The van der Waals surface area contributed by atoms with Crippen molar-refractivity contribution in [3.63, 3.8) is 0 Å². The quantitative estimate of drug-likeness (QED) is 0.794. The third kappa shape index (κ3) is 3.81. The van der Waals surface area contributed by atoms with Gasteiger partial charge in [0.15, 0.2) is 5.82 Å². The van der Waals surface area contributed by atoms with Crippen LogP contribution in [0.25, 0.3) is 0 Å². The van der Waals surface area contributed by atoms with Crippen molar-refractivity contribution in [3.8, 4) is 5.88 Å². The highest BCUT2D eigenvalue weighted by Crippen LogP contribution is 2.25. The van der Waals surface area contributed by atoms with E-state index < -0.39 is 10.0 Å².